The van der Waals surface area contributed by atoms with E-state index in [4.69, 9.17) is 0 Å². The summed E-state index contributed by atoms with van der Waals surface area (Å²) >= 11 is 0. The number of halogens is 3. The number of rotatable bonds is 6. The summed E-state index contributed by atoms with van der Waals surface area (Å²) in [7, 11) is 0. The molecular formula is C19H20F3N5O. The van der Waals surface area contributed by atoms with E-state index in [1.807, 2.05) is 31.2 Å². The summed E-state index contributed by atoms with van der Waals surface area (Å²) in [5, 5.41) is 5.36. The molecule has 0 spiro atoms. The van der Waals surface area contributed by atoms with Crippen LogP contribution in [0.15, 0.2) is 42.6 Å². The van der Waals surface area contributed by atoms with Crippen LogP contribution in [0.1, 0.15) is 23.4 Å². The smallest absolute Gasteiger partial charge is 0.338 e. The highest BCUT2D eigenvalue weighted by Gasteiger charge is 2.37. The largest absolute Gasteiger partial charge is 0.449 e. The van der Waals surface area contributed by atoms with Gasteiger partial charge in [-0.3, -0.25) is 0 Å². The predicted octanol–water partition coefficient (Wildman–Crippen LogP) is 3.65. The molecule has 0 saturated carbocycles. The number of imidazole rings is 1. The van der Waals surface area contributed by atoms with Crippen LogP contribution in [0.25, 0.3) is 11.2 Å². The van der Waals surface area contributed by atoms with Crippen LogP contribution in [0.3, 0.4) is 0 Å². The lowest BCUT2D eigenvalue weighted by molar-refractivity contribution is -0.147. The first kappa shape index (κ1) is 19.7. The van der Waals surface area contributed by atoms with Crippen molar-refractivity contribution in [1.82, 2.24) is 25.2 Å². The lowest BCUT2D eigenvalue weighted by atomic mass is 10.1. The molecule has 28 heavy (non-hydrogen) atoms. The monoisotopic (exact) mass is 391 g/mol. The highest BCUT2D eigenvalue weighted by molar-refractivity contribution is 5.73. The van der Waals surface area contributed by atoms with Gasteiger partial charge in [0.2, 0.25) is 5.82 Å². The molecule has 3 aromatic rings. The summed E-state index contributed by atoms with van der Waals surface area (Å²) in [6, 6.07) is 10.4. The van der Waals surface area contributed by atoms with Crippen LogP contribution in [0.2, 0.25) is 0 Å². The molecule has 2 heterocycles. The Morgan fingerprint density at radius 3 is 2.61 bits per heavy atom. The third-order valence-corrected chi connectivity index (χ3v) is 4.18. The summed E-state index contributed by atoms with van der Waals surface area (Å²) in [5.74, 6) is -0.981. The summed E-state index contributed by atoms with van der Waals surface area (Å²) in [5.41, 5.74) is 2.47. The number of pyridine rings is 1. The number of urea groups is 1. The minimum atomic E-state index is -4.57. The molecule has 2 amide bonds. The third kappa shape index (κ3) is 4.79. The lowest BCUT2D eigenvalue weighted by Gasteiger charge is -2.11. The van der Waals surface area contributed by atoms with E-state index >= 15 is 0 Å². The van der Waals surface area contributed by atoms with Crippen molar-refractivity contribution in [2.45, 2.75) is 32.6 Å². The van der Waals surface area contributed by atoms with Crippen molar-refractivity contribution < 1.29 is 18.0 Å². The molecule has 2 aromatic heterocycles. The minimum Gasteiger partial charge on any atom is -0.338 e. The summed E-state index contributed by atoms with van der Waals surface area (Å²) in [6.07, 6.45) is -2.83. The average molecular weight is 391 g/mol. The second kappa shape index (κ2) is 8.28. The van der Waals surface area contributed by atoms with Gasteiger partial charge < -0.3 is 15.2 Å². The van der Waals surface area contributed by atoms with Crippen LogP contribution < -0.4 is 10.6 Å². The number of nitrogens with one attached hydrogen (secondary N) is 2. The van der Waals surface area contributed by atoms with Gasteiger partial charge in [-0.25, -0.2) is 14.8 Å². The molecule has 0 bridgehead atoms. The SMILES string of the molecule is Cc1ccc(CNC(=O)NCCCn2c(C(F)(F)F)nc3cccnc32)cc1. The Kier molecular flexibility index (Phi) is 5.81. The van der Waals surface area contributed by atoms with Crippen molar-refractivity contribution >= 4 is 17.2 Å². The summed E-state index contributed by atoms with van der Waals surface area (Å²) in [4.78, 5) is 19.5. The van der Waals surface area contributed by atoms with Crippen LogP contribution in [0.4, 0.5) is 18.0 Å². The van der Waals surface area contributed by atoms with Crippen LogP contribution in [0, 0.1) is 6.92 Å². The first-order valence-corrected chi connectivity index (χ1v) is 8.80. The van der Waals surface area contributed by atoms with Gasteiger partial charge in [-0.15, -0.1) is 0 Å². The molecule has 0 unspecified atom stereocenters. The molecule has 0 saturated heterocycles. The maximum atomic E-state index is 13.2. The van der Waals surface area contributed by atoms with Crippen molar-refractivity contribution in [2.75, 3.05) is 6.54 Å². The predicted molar refractivity (Wildman–Crippen MR) is 98.6 cm³/mol. The number of fused-ring (bicyclic) bond motifs is 1. The van der Waals surface area contributed by atoms with Gasteiger partial charge in [0.1, 0.15) is 5.52 Å². The molecule has 0 aliphatic heterocycles. The third-order valence-electron chi connectivity index (χ3n) is 4.18. The fraction of sp³-hybridized carbons (Fsp3) is 0.316. The first-order valence-electron chi connectivity index (χ1n) is 8.80. The van der Waals surface area contributed by atoms with Gasteiger partial charge in [0.05, 0.1) is 0 Å². The first-order chi connectivity index (χ1) is 13.3. The molecule has 0 radical (unpaired) electrons. The Labute approximate surface area is 159 Å². The Balaban J connectivity index is 1.52. The normalized spacial score (nSPS) is 11.6. The van der Waals surface area contributed by atoms with Gasteiger partial charge in [0.25, 0.3) is 0 Å². The van der Waals surface area contributed by atoms with Crippen molar-refractivity contribution in [2.24, 2.45) is 0 Å². The quantitative estimate of drug-likeness (QED) is 0.630. The van der Waals surface area contributed by atoms with E-state index in [9.17, 15) is 18.0 Å². The highest BCUT2D eigenvalue weighted by atomic mass is 19.4. The maximum absolute atomic E-state index is 13.2. The van der Waals surface area contributed by atoms with Crippen molar-refractivity contribution in [3.63, 3.8) is 0 Å². The molecule has 0 aliphatic rings. The van der Waals surface area contributed by atoms with Crippen molar-refractivity contribution in [3.05, 3.63) is 59.5 Å². The molecule has 9 heteroatoms. The fourth-order valence-corrected chi connectivity index (χ4v) is 2.78. The zero-order valence-electron chi connectivity index (χ0n) is 15.3. The number of alkyl halides is 3. The molecule has 2 N–H and O–H groups in total. The molecule has 148 valence electrons. The van der Waals surface area contributed by atoms with Crippen LogP contribution >= 0.6 is 0 Å². The number of amides is 2. The molecule has 1 aromatic carbocycles. The number of carbonyl (C=O) groups is 1. The van der Waals surface area contributed by atoms with Crippen molar-refractivity contribution in [1.29, 1.82) is 0 Å². The Morgan fingerprint density at radius 2 is 1.89 bits per heavy atom. The molecular weight excluding hydrogens is 371 g/mol. The molecule has 3 rings (SSSR count). The van der Waals surface area contributed by atoms with E-state index in [0.29, 0.717) is 13.0 Å². The number of hydrogen-bond acceptors (Lipinski definition) is 3. The maximum Gasteiger partial charge on any atom is 0.449 e. The molecule has 0 atom stereocenters. The Bertz CT molecular complexity index is 950. The zero-order valence-corrected chi connectivity index (χ0v) is 15.3. The second-order valence-corrected chi connectivity index (χ2v) is 6.38. The van der Waals surface area contributed by atoms with E-state index in [-0.39, 0.29) is 30.3 Å². The highest BCUT2D eigenvalue weighted by Crippen LogP contribution is 2.30. The zero-order chi connectivity index (χ0) is 20.1. The van der Waals surface area contributed by atoms with E-state index < -0.39 is 12.0 Å². The van der Waals surface area contributed by atoms with Gasteiger partial charge in [0, 0.05) is 25.8 Å². The number of nitrogens with zero attached hydrogens (tertiary/aromatic N) is 3. The Hall–Kier alpha value is -3.10. The van der Waals surface area contributed by atoms with Gasteiger partial charge in [-0.1, -0.05) is 29.8 Å². The van der Waals surface area contributed by atoms with E-state index in [0.717, 1.165) is 15.7 Å². The number of benzene rings is 1. The molecule has 0 fully saturated rings. The number of aryl methyl sites for hydroxylation is 2. The van der Waals surface area contributed by atoms with E-state index in [2.05, 4.69) is 20.6 Å². The van der Waals surface area contributed by atoms with Gasteiger partial charge in [-0.2, -0.15) is 13.2 Å². The number of aromatic nitrogens is 3. The lowest BCUT2D eigenvalue weighted by Crippen LogP contribution is -2.35. The topological polar surface area (TPSA) is 71.8 Å². The minimum absolute atomic E-state index is 0.0423. The van der Waals surface area contributed by atoms with Crippen LogP contribution in [0.5, 0.6) is 0 Å². The van der Waals surface area contributed by atoms with Gasteiger partial charge in [0.15, 0.2) is 5.65 Å². The standard InChI is InChI=1S/C19H20F3N5O/c1-13-5-7-14(8-6-13)12-25-18(28)24-10-3-11-27-16-15(4-2-9-23-16)26-17(27)19(20,21)22/h2,4-9H,3,10-12H2,1H3,(H2,24,25,28). The summed E-state index contributed by atoms with van der Waals surface area (Å²) < 4.78 is 40.7. The van der Waals surface area contributed by atoms with Gasteiger partial charge in [-0.05, 0) is 31.0 Å². The van der Waals surface area contributed by atoms with Crippen LogP contribution in [-0.2, 0) is 19.3 Å². The average Bonchev–Trinajstić information content (AvgIpc) is 3.04. The van der Waals surface area contributed by atoms with Crippen LogP contribution in [-0.4, -0.2) is 27.1 Å². The van der Waals surface area contributed by atoms with Gasteiger partial charge >= 0.3 is 12.2 Å². The fourth-order valence-electron chi connectivity index (χ4n) is 2.78. The van der Waals surface area contributed by atoms with E-state index in [1.165, 1.54) is 12.3 Å². The van der Waals surface area contributed by atoms with E-state index in [1.54, 1.807) is 6.07 Å². The Morgan fingerprint density at radius 1 is 1.14 bits per heavy atom. The number of carbonyl (C=O) groups excluding carboxylic acids is 1. The second-order valence-electron chi connectivity index (χ2n) is 6.38. The number of hydrogen-bond donors (Lipinski definition) is 2. The molecule has 6 nitrogen and oxygen atoms in total. The summed E-state index contributed by atoms with van der Waals surface area (Å²) in [6.45, 7) is 2.62. The molecule has 0 aliphatic carbocycles. The van der Waals surface area contributed by atoms with Crippen molar-refractivity contribution in [3.8, 4) is 0 Å².